The molecule has 1 aromatic heterocycles. The highest BCUT2D eigenvalue weighted by Gasteiger charge is 2.14. The summed E-state index contributed by atoms with van der Waals surface area (Å²) in [7, 11) is 1.58. The van der Waals surface area contributed by atoms with Gasteiger partial charge in [0.15, 0.2) is 0 Å². The van der Waals surface area contributed by atoms with Gasteiger partial charge in [0, 0.05) is 6.20 Å². The molecule has 2 aromatic rings. The number of methoxy groups -OCH3 is 1. The molecule has 18 heavy (non-hydrogen) atoms. The molecule has 2 N–H and O–H groups in total. The maximum atomic E-state index is 10.9. The summed E-state index contributed by atoms with van der Waals surface area (Å²) < 4.78 is 5.28. The first-order valence-corrected chi connectivity index (χ1v) is 5.54. The summed E-state index contributed by atoms with van der Waals surface area (Å²) in [4.78, 5) is 15.1. The highest BCUT2D eigenvalue weighted by molar-refractivity contribution is 5.97. The van der Waals surface area contributed by atoms with Crippen molar-refractivity contribution in [3.63, 3.8) is 0 Å². The van der Waals surface area contributed by atoms with Gasteiger partial charge < -0.3 is 15.2 Å². The van der Waals surface area contributed by atoms with Gasteiger partial charge in [0.1, 0.15) is 17.6 Å². The van der Waals surface area contributed by atoms with Gasteiger partial charge in [0.25, 0.3) is 0 Å². The van der Waals surface area contributed by atoms with Crippen LogP contribution in [0.25, 0.3) is 10.8 Å². The smallest absolute Gasteiger partial charge is 0.325 e. The number of fused-ring (bicyclic) bond motifs is 1. The highest BCUT2D eigenvalue weighted by Crippen LogP contribution is 2.30. The van der Waals surface area contributed by atoms with Gasteiger partial charge in [0.2, 0.25) is 0 Å². The van der Waals surface area contributed by atoms with E-state index in [2.05, 4.69) is 10.3 Å². The molecular formula is C13H14N2O3. The number of carboxylic acids is 1. The van der Waals surface area contributed by atoms with Crippen LogP contribution in [0.15, 0.2) is 30.5 Å². The van der Waals surface area contributed by atoms with Gasteiger partial charge >= 0.3 is 5.97 Å². The van der Waals surface area contributed by atoms with E-state index in [9.17, 15) is 4.79 Å². The Hall–Kier alpha value is -2.30. The van der Waals surface area contributed by atoms with Gasteiger partial charge in [-0.3, -0.25) is 4.79 Å². The Balaban J connectivity index is 2.53. The van der Waals surface area contributed by atoms with Crippen molar-refractivity contribution >= 4 is 22.6 Å². The lowest BCUT2D eigenvalue weighted by Gasteiger charge is -2.14. The van der Waals surface area contributed by atoms with Crippen molar-refractivity contribution in [3.05, 3.63) is 30.5 Å². The first-order chi connectivity index (χ1) is 8.63. The molecule has 5 nitrogen and oxygen atoms in total. The molecule has 1 atom stereocenters. The topological polar surface area (TPSA) is 71.5 Å². The Morgan fingerprint density at radius 3 is 2.89 bits per heavy atom. The van der Waals surface area contributed by atoms with E-state index in [1.807, 2.05) is 24.3 Å². The molecule has 94 valence electrons. The Labute approximate surface area is 104 Å². The zero-order valence-corrected chi connectivity index (χ0v) is 10.2. The molecule has 0 fully saturated rings. The number of ether oxygens (including phenoxy) is 1. The van der Waals surface area contributed by atoms with Crippen molar-refractivity contribution in [2.24, 2.45) is 0 Å². The van der Waals surface area contributed by atoms with Crippen LogP contribution in [0.1, 0.15) is 6.92 Å². The second kappa shape index (κ2) is 4.91. The first kappa shape index (κ1) is 12.2. The molecule has 0 bridgehead atoms. The van der Waals surface area contributed by atoms with E-state index in [1.165, 1.54) is 0 Å². The summed E-state index contributed by atoms with van der Waals surface area (Å²) in [6.07, 6.45) is 1.64. The number of nitrogens with one attached hydrogen (secondary N) is 1. The van der Waals surface area contributed by atoms with Gasteiger partial charge in [0.05, 0.1) is 12.5 Å². The molecular weight excluding hydrogens is 232 g/mol. The third-order valence-electron chi connectivity index (χ3n) is 2.70. The van der Waals surface area contributed by atoms with Crippen molar-refractivity contribution in [1.82, 2.24) is 4.98 Å². The quantitative estimate of drug-likeness (QED) is 0.864. The number of carbonyl (C=O) groups is 1. The molecule has 1 heterocycles. The Bertz CT molecular complexity index is 578. The largest absolute Gasteiger partial charge is 0.496 e. The van der Waals surface area contributed by atoms with E-state index in [-0.39, 0.29) is 0 Å². The predicted molar refractivity (Wildman–Crippen MR) is 69.0 cm³/mol. The molecule has 0 aliphatic heterocycles. The lowest BCUT2D eigenvalue weighted by molar-refractivity contribution is -0.137. The standard InChI is InChI=1S/C13H14N2O3/c1-8(13(16)17)15-12-11-9(6-7-14-12)4-3-5-10(11)18-2/h3-8H,1-2H3,(H,14,15)(H,16,17). The summed E-state index contributed by atoms with van der Waals surface area (Å²) in [5.74, 6) is 0.254. The average Bonchev–Trinajstić information content (AvgIpc) is 2.38. The predicted octanol–water partition coefficient (Wildman–Crippen LogP) is 2.13. The molecule has 0 aliphatic carbocycles. The second-order valence-corrected chi connectivity index (χ2v) is 3.92. The maximum Gasteiger partial charge on any atom is 0.325 e. The average molecular weight is 246 g/mol. The number of anilines is 1. The normalized spacial score (nSPS) is 12.1. The third-order valence-corrected chi connectivity index (χ3v) is 2.70. The van der Waals surface area contributed by atoms with Crippen LogP contribution in [0.2, 0.25) is 0 Å². The van der Waals surface area contributed by atoms with E-state index in [1.54, 1.807) is 20.2 Å². The molecule has 0 saturated heterocycles. The number of nitrogens with zero attached hydrogens (tertiary/aromatic N) is 1. The van der Waals surface area contributed by atoms with Crippen LogP contribution in [0.5, 0.6) is 5.75 Å². The van der Waals surface area contributed by atoms with E-state index in [0.717, 1.165) is 10.8 Å². The Morgan fingerprint density at radius 2 is 2.22 bits per heavy atom. The van der Waals surface area contributed by atoms with E-state index < -0.39 is 12.0 Å². The van der Waals surface area contributed by atoms with E-state index in [0.29, 0.717) is 11.6 Å². The number of aromatic nitrogens is 1. The van der Waals surface area contributed by atoms with Gasteiger partial charge in [-0.15, -0.1) is 0 Å². The minimum Gasteiger partial charge on any atom is -0.496 e. The van der Waals surface area contributed by atoms with Gasteiger partial charge in [-0.25, -0.2) is 4.98 Å². The lowest BCUT2D eigenvalue weighted by Crippen LogP contribution is -2.26. The van der Waals surface area contributed by atoms with Crippen LogP contribution >= 0.6 is 0 Å². The number of benzene rings is 1. The zero-order chi connectivity index (χ0) is 13.1. The number of carboxylic acid groups (broad SMARTS) is 1. The summed E-state index contributed by atoms with van der Waals surface area (Å²) in [6.45, 7) is 1.57. The van der Waals surface area contributed by atoms with Crippen LogP contribution in [0.4, 0.5) is 5.82 Å². The fraction of sp³-hybridized carbons (Fsp3) is 0.231. The van der Waals surface area contributed by atoms with Gasteiger partial charge in [-0.1, -0.05) is 12.1 Å². The van der Waals surface area contributed by atoms with E-state index >= 15 is 0 Å². The highest BCUT2D eigenvalue weighted by atomic mass is 16.5. The molecule has 0 amide bonds. The maximum absolute atomic E-state index is 10.9. The number of hydrogen-bond donors (Lipinski definition) is 2. The minimum atomic E-state index is -0.927. The minimum absolute atomic E-state index is 0.514. The van der Waals surface area contributed by atoms with Crippen molar-refractivity contribution in [3.8, 4) is 5.75 Å². The van der Waals surface area contributed by atoms with Crippen LogP contribution in [0.3, 0.4) is 0 Å². The van der Waals surface area contributed by atoms with Gasteiger partial charge in [-0.05, 0) is 24.4 Å². The van der Waals surface area contributed by atoms with Crippen molar-refractivity contribution < 1.29 is 14.6 Å². The molecule has 0 aliphatic rings. The molecule has 0 radical (unpaired) electrons. The first-order valence-electron chi connectivity index (χ1n) is 5.54. The molecule has 1 aromatic carbocycles. The van der Waals surface area contributed by atoms with Crippen LogP contribution in [-0.2, 0) is 4.79 Å². The second-order valence-electron chi connectivity index (χ2n) is 3.92. The monoisotopic (exact) mass is 246 g/mol. The molecule has 5 heteroatoms. The lowest BCUT2D eigenvalue weighted by atomic mass is 10.1. The SMILES string of the molecule is COc1cccc2ccnc(NC(C)C(=O)O)c12. The van der Waals surface area contributed by atoms with Crippen LogP contribution in [-0.4, -0.2) is 29.2 Å². The molecule has 0 saturated carbocycles. The fourth-order valence-electron chi connectivity index (χ4n) is 1.74. The van der Waals surface area contributed by atoms with Crippen molar-refractivity contribution in [2.45, 2.75) is 13.0 Å². The molecule has 2 rings (SSSR count). The zero-order valence-electron chi connectivity index (χ0n) is 10.2. The summed E-state index contributed by atoms with van der Waals surface area (Å²) in [6, 6.07) is 6.77. The fourth-order valence-corrected chi connectivity index (χ4v) is 1.74. The van der Waals surface area contributed by atoms with Crippen LogP contribution in [0, 0.1) is 0 Å². The summed E-state index contributed by atoms with van der Waals surface area (Å²) >= 11 is 0. The Morgan fingerprint density at radius 1 is 1.44 bits per heavy atom. The van der Waals surface area contributed by atoms with Crippen molar-refractivity contribution in [1.29, 1.82) is 0 Å². The van der Waals surface area contributed by atoms with Crippen LogP contribution < -0.4 is 10.1 Å². The number of aliphatic carboxylic acids is 1. The number of hydrogen-bond acceptors (Lipinski definition) is 4. The van der Waals surface area contributed by atoms with E-state index in [4.69, 9.17) is 9.84 Å². The molecule has 1 unspecified atom stereocenters. The molecule has 0 spiro atoms. The van der Waals surface area contributed by atoms with Gasteiger partial charge in [-0.2, -0.15) is 0 Å². The third kappa shape index (κ3) is 2.20. The summed E-state index contributed by atoms with van der Waals surface area (Å²) in [5, 5.41) is 13.5. The number of rotatable bonds is 4. The number of pyridine rings is 1. The Kier molecular flexibility index (Phi) is 3.32. The van der Waals surface area contributed by atoms with Crippen molar-refractivity contribution in [2.75, 3.05) is 12.4 Å². The summed E-state index contributed by atoms with van der Waals surface area (Å²) in [5.41, 5.74) is 0.